The highest BCUT2D eigenvalue weighted by molar-refractivity contribution is 6.01. The number of hydrogen-bond acceptors (Lipinski definition) is 7. The van der Waals surface area contributed by atoms with Gasteiger partial charge in [0.2, 0.25) is 6.29 Å². The van der Waals surface area contributed by atoms with Crippen molar-refractivity contribution < 1.29 is 29.3 Å². The third-order valence-electron chi connectivity index (χ3n) is 9.89. The van der Waals surface area contributed by atoms with E-state index >= 15 is 0 Å². The number of ether oxygens (including phenoxy) is 2. The van der Waals surface area contributed by atoms with E-state index in [0.717, 1.165) is 18.4 Å². The van der Waals surface area contributed by atoms with Crippen LogP contribution in [0.15, 0.2) is 36.1 Å². The second-order valence-corrected chi connectivity index (χ2v) is 11.2. The molecule has 2 heterocycles. The van der Waals surface area contributed by atoms with E-state index in [-0.39, 0.29) is 34.7 Å². The van der Waals surface area contributed by atoms with Crippen LogP contribution in [0.25, 0.3) is 0 Å². The van der Waals surface area contributed by atoms with E-state index in [2.05, 4.69) is 12.0 Å². The normalized spacial score (nSPS) is 47.0. The maximum absolute atomic E-state index is 13.5. The molecule has 3 saturated carbocycles. The molecular weight excluding hydrogens is 436 g/mol. The van der Waals surface area contributed by atoms with Crippen LogP contribution in [0.5, 0.6) is 0 Å². The second-order valence-electron chi connectivity index (χ2n) is 11.2. The van der Waals surface area contributed by atoms with Crippen LogP contribution in [-0.2, 0) is 26.1 Å². The number of aryl methyl sites for hydroxylation is 1. The number of aromatic nitrogens is 2. The molecule has 4 fully saturated rings. The minimum absolute atomic E-state index is 0.00645. The Hall–Kier alpha value is -2.13. The van der Waals surface area contributed by atoms with Crippen molar-refractivity contribution in [1.82, 2.24) is 9.78 Å². The Kier molecular flexibility index (Phi) is 4.73. The minimum Gasteiger partial charge on any atom is -0.393 e. The molecule has 182 valence electrons. The van der Waals surface area contributed by atoms with Crippen LogP contribution in [0.1, 0.15) is 51.5 Å². The van der Waals surface area contributed by atoms with E-state index < -0.39 is 36.1 Å². The number of fused-ring (bicyclic) bond motifs is 7. The number of rotatable bonds is 3. The van der Waals surface area contributed by atoms with Gasteiger partial charge in [0.25, 0.3) is 0 Å². The quantitative estimate of drug-likeness (QED) is 0.698. The predicted octanol–water partition coefficient (Wildman–Crippen LogP) is 2.02. The van der Waals surface area contributed by atoms with E-state index in [4.69, 9.17) is 9.47 Å². The summed E-state index contributed by atoms with van der Waals surface area (Å²) in [5, 5.41) is 25.9. The molecule has 6 rings (SSSR count). The van der Waals surface area contributed by atoms with Crippen molar-refractivity contribution >= 4 is 11.6 Å². The average Bonchev–Trinajstić information content (AvgIpc) is 3.45. The standard InChI is InChI=1S/C26H32N2O6/c1-24-8-6-15(30)10-14(24)4-5-16-17-11-21-26(20(32)13-29,25(17,2)12-19(31)22(16)24)34-23(33-21)18-7-9-27-28(18)3/h6-10,16-17,19,21-23,29,31H,4-5,11-13H2,1-3H3/t16-,17-,19-,21+,22+,23-,24-,25-,26+/m0/s1. The van der Waals surface area contributed by atoms with Gasteiger partial charge in [-0.2, -0.15) is 5.10 Å². The second kappa shape index (κ2) is 7.20. The number of carbonyl (C=O) groups excluding carboxylic acids is 2. The van der Waals surface area contributed by atoms with Gasteiger partial charge in [0.1, 0.15) is 6.61 Å². The number of Topliss-reactive ketones (excluding diaryl/α,β-unsaturated/α-hetero) is 1. The van der Waals surface area contributed by atoms with Gasteiger partial charge in [0.15, 0.2) is 17.2 Å². The van der Waals surface area contributed by atoms with E-state index in [9.17, 15) is 19.8 Å². The summed E-state index contributed by atoms with van der Waals surface area (Å²) < 4.78 is 14.6. The van der Waals surface area contributed by atoms with Gasteiger partial charge in [-0.3, -0.25) is 14.3 Å². The Bertz CT molecular complexity index is 1120. The first-order valence-electron chi connectivity index (χ1n) is 12.2. The average molecular weight is 469 g/mol. The Morgan fingerprint density at radius 1 is 1.35 bits per heavy atom. The largest absolute Gasteiger partial charge is 0.393 e. The molecule has 0 unspecified atom stereocenters. The smallest absolute Gasteiger partial charge is 0.202 e. The van der Waals surface area contributed by atoms with Crippen molar-refractivity contribution in [1.29, 1.82) is 0 Å². The molecule has 0 amide bonds. The molecule has 8 nitrogen and oxygen atoms in total. The fraction of sp³-hybridized carbons (Fsp3) is 0.654. The third-order valence-corrected chi connectivity index (χ3v) is 9.89. The van der Waals surface area contributed by atoms with Crippen LogP contribution in [0.3, 0.4) is 0 Å². The number of aliphatic hydroxyl groups is 2. The van der Waals surface area contributed by atoms with Gasteiger partial charge in [0.05, 0.1) is 17.9 Å². The third kappa shape index (κ3) is 2.60. The topological polar surface area (TPSA) is 111 Å². The van der Waals surface area contributed by atoms with Crippen LogP contribution in [0.2, 0.25) is 0 Å². The molecule has 2 N–H and O–H groups in total. The lowest BCUT2D eigenvalue weighted by atomic mass is 9.46. The lowest BCUT2D eigenvalue weighted by Crippen LogP contribution is -2.63. The summed E-state index contributed by atoms with van der Waals surface area (Å²) in [7, 11) is 1.80. The van der Waals surface area contributed by atoms with Gasteiger partial charge in [-0.25, -0.2) is 0 Å². The van der Waals surface area contributed by atoms with E-state index in [1.54, 1.807) is 36.1 Å². The fourth-order valence-electron chi connectivity index (χ4n) is 8.43. The molecule has 8 heteroatoms. The molecule has 1 saturated heterocycles. The zero-order valence-electron chi connectivity index (χ0n) is 19.8. The number of carbonyl (C=O) groups is 2. The van der Waals surface area contributed by atoms with Crippen molar-refractivity contribution in [3.63, 3.8) is 0 Å². The summed E-state index contributed by atoms with van der Waals surface area (Å²) in [5.74, 6) is -0.207. The van der Waals surface area contributed by atoms with Crippen LogP contribution in [0, 0.1) is 28.6 Å². The lowest BCUT2D eigenvalue weighted by molar-refractivity contribution is -0.202. The molecule has 4 aliphatic carbocycles. The fourth-order valence-corrected chi connectivity index (χ4v) is 8.43. The zero-order valence-corrected chi connectivity index (χ0v) is 19.8. The Morgan fingerprint density at radius 3 is 2.85 bits per heavy atom. The molecular formula is C26H32N2O6. The summed E-state index contributed by atoms with van der Waals surface area (Å²) in [6.07, 6.45) is 7.67. The van der Waals surface area contributed by atoms with Crippen LogP contribution in [-0.4, -0.2) is 56.0 Å². The number of hydrogen-bond donors (Lipinski definition) is 2. The molecule has 1 aromatic rings. The van der Waals surface area contributed by atoms with Crippen LogP contribution in [0.4, 0.5) is 0 Å². The molecule has 0 aromatic carbocycles. The molecule has 34 heavy (non-hydrogen) atoms. The lowest BCUT2D eigenvalue weighted by Gasteiger charge is -2.59. The van der Waals surface area contributed by atoms with Gasteiger partial charge in [0, 0.05) is 30.0 Å². The van der Waals surface area contributed by atoms with Crippen molar-refractivity contribution in [2.75, 3.05) is 6.61 Å². The molecule has 0 bridgehead atoms. The summed E-state index contributed by atoms with van der Waals surface area (Å²) in [6, 6.07) is 1.81. The molecule has 9 atom stereocenters. The summed E-state index contributed by atoms with van der Waals surface area (Å²) in [4.78, 5) is 25.5. The Balaban J connectivity index is 1.41. The monoisotopic (exact) mass is 468 g/mol. The SMILES string of the molecule is Cn1nccc1[C@H]1O[C@@H]2C[C@H]3[C@@H]4CCC5=CC(=O)C=C[C@]5(C)[C@H]4[C@@H](O)C[C@]3(C)[C@]2(C(=O)CO)O1. The Labute approximate surface area is 198 Å². The van der Waals surface area contributed by atoms with Crippen molar-refractivity contribution in [2.45, 2.75) is 63.6 Å². The molecule has 1 aliphatic heterocycles. The number of allylic oxidation sites excluding steroid dienone is 4. The maximum Gasteiger partial charge on any atom is 0.202 e. The highest BCUT2D eigenvalue weighted by atomic mass is 16.7. The Morgan fingerprint density at radius 2 is 2.15 bits per heavy atom. The molecule has 0 spiro atoms. The first-order valence-corrected chi connectivity index (χ1v) is 12.2. The van der Waals surface area contributed by atoms with Crippen molar-refractivity contribution in [2.24, 2.45) is 35.6 Å². The summed E-state index contributed by atoms with van der Waals surface area (Å²) in [6.45, 7) is 3.52. The van der Waals surface area contributed by atoms with Gasteiger partial charge in [-0.05, 0) is 55.7 Å². The predicted molar refractivity (Wildman–Crippen MR) is 120 cm³/mol. The van der Waals surface area contributed by atoms with Gasteiger partial charge < -0.3 is 19.7 Å². The van der Waals surface area contributed by atoms with Gasteiger partial charge in [-0.1, -0.05) is 25.5 Å². The van der Waals surface area contributed by atoms with Crippen LogP contribution < -0.4 is 0 Å². The highest BCUT2D eigenvalue weighted by Gasteiger charge is 2.76. The zero-order chi connectivity index (χ0) is 24.0. The molecule has 0 radical (unpaired) electrons. The highest BCUT2D eigenvalue weighted by Crippen LogP contribution is 2.70. The maximum atomic E-state index is 13.5. The van der Waals surface area contributed by atoms with Crippen molar-refractivity contribution in [3.05, 3.63) is 41.8 Å². The minimum atomic E-state index is -1.33. The first-order chi connectivity index (χ1) is 16.2. The van der Waals surface area contributed by atoms with Gasteiger partial charge >= 0.3 is 0 Å². The summed E-state index contributed by atoms with van der Waals surface area (Å²) in [5.41, 5.74) is -0.611. The van der Waals surface area contributed by atoms with Crippen LogP contribution >= 0.6 is 0 Å². The van der Waals surface area contributed by atoms with Gasteiger partial charge in [-0.15, -0.1) is 0 Å². The summed E-state index contributed by atoms with van der Waals surface area (Å²) >= 11 is 0. The van der Waals surface area contributed by atoms with E-state index in [0.29, 0.717) is 18.5 Å². The first kappa shape index (κ1) is 22.3. The van der Waals surface area contributed by atoms with E-state index in [1.807, 2.05) is 13.0 Å². The van der Waals surface area contributed by atoms with Crippen molar-refractivity contribution in [3.8, 4) is 0 Å². The number of nitrogens with zero attached hydrogens (tertiary/aromatic N) is 2. The molecule has 5 aliphatic rings. The number of ketones is 2. The number of aliphatic hydroxyl groups excluding tert-OH is 2. The molecule has 1 aromatic heterocycles. The van der Waals surface area contributed by atoms with E-state index in [1.165, 1.54) is 0 Å².